The second-order valence-corrected chi connectivity index (χ2v) is 18.6. The predicted octanol–water partition coefficient (Wildman–Crippen LogP) is 12.1. The van der Waals surface area contributed by atoms with Gasteiger partial charge in [-0.25, -0.2) is 0 Å². The van der Waals surface area contributed by atoms with E-state index in [2.05, 4.69) is 103 Å². The molecule has 1 nitrogen and oxygen atoms in total. The largest absolute Gasteiger partial charge is 0.366 e. The van der Waals surface area contributed by atoms with Gasteiger partial charge in [0.2, 0.25) is 0 Å². The third-order valence-electron chi connectivity index (χ3n) is 17.3. The number of nitrogens with zero attached hydrogens (tertiary/aromatic N) is 1. The molecule has 3 atom stereocenters. The third-order valence-corrected chi connectivity index (χ3v) is 17.3. The number of fused-ring (bicyclic) bond motifs is 3. The molecule has 1 fully saturated rings. The fraction of sp³-hybridized carbons (Fsp3) is 0.185. The van der Waals surface area contributed by atoms with Gasteiger partial charge in [0, 0.05) is 18.3 Å². The summed E-state index contributed by atoms with van der Waals surface area (Å²) < 4.78 is 0. The van der Waals surface area contributed by atoms with Crippen LogP contribution in [0.3, 0.4) is 0 Å². The minimum absolute atomic E-state index is 0.163. The van der Waals surface area contributed by atoms with Crippen LogP contribution in [-0.2, 0) is 10.8 Å². The number of unbranched alkanes of at least 4 members (excludes halogenated alkanes) is 3. The second kappa shape index (κ2) is 7.39. The Kier molecular flexibility index (Phi) is 3.49. The lowest BCUT2D eigenvalue weighted by atomic mass is 9.47. The van der Waals surface area contributed by atoms with Crippen LogP contribution in [0.4, 0.5) is 5.69 Å². The number of anilines is 1. The van der Waals surface area contributed by atoms with E-state index < -0.39 is 0 Å². The van der Waals surface area contributed by atoms with E-state index in [1.165, 1.54) is 80.5 Å². The normalized spacial score (nSPS) is 23.8. The molecule has 252 valence electrons. The first-order valence-corrected chi connectivity index (χ1v) is 21.0. The molecule has 0 aromatic heterocycles. The Labute approximate surface area is 314 Å². The van der Waals surface area contributed by atoms with Gasteiger partial charge >= 0.3 is 0 Å². The van der Waals surface area contributed by atoms with Crippen LogP contribution in [-0.4, -0.2) is 12.6 Å². The van der Waals surface area contributed by atoms with Crippen molar-refractivity contribution in [3.8, 4) is 0 Å². The molecular weight excluding hydrogens is 663 g/mol. The van der Waals surface area contributed by atoms with E-state index in [1.807, 2.05) is 0 Å². The van der Waals surface area contributed by atoms with Crippen molar-refractivity contribution in [2.45, 2.75) is 55.9 Å². The molecule has 1 heteroatoms. The molecule has 3 unspecified atom stereocenters. The zero-order valence-corrected chi connectivity index (χ0v) is 30.4. The molecule has 13 aromatic carbocycles. The topological polar surface area (TPSA) is 3.24 Å². The molecule has 18 rings (SSSR count). The van der Waals surface area contributed by atoms with Crippen LogP contribution in [0.5, 0.6) is 0 Å². The number of hydrogen-bond donors (Lipinski definition) is 0. The Hall–Kier alpha value is -5.92. The van der Waals surface area contributed by atoms with E-state index >= 15 is 0 Å². The van der Waals surface area contributed by atoms with E-state index in [-0.39, 0.29) is 10.8 Å². The Morgan fingerprint density at radius 3 is 1.58 bits per heavy atom. The molecule has 0 bridgehead atoms. The van der Waals surface area contributed by atoms with Crippen LogP contribution in [0.15, 0.2) is 91.0 Å². The van der Waals surface area contributed by atoms with Crippen molar-refractivity contribution >= 4 is 135 Å². The highest BCUT2D eigenvalue weighted by atomic mass is 15.2. The van der Waals surface area contributed by atoms with Gasteiger partial charge in [0.05, 0.1) is 10.8 Å². The van der Waals surface area contributed by atoms with Crippen LogP contribution in [0, 0.1) is 0 Å². The highest BCUT2D eigenvalue weighted by molar-refractivity contribution is 6.64. The van der Waals surface area contributed by atoms with Gasteiger partial charge in [-0.3, -0.25) is 0 Å². The molecule has 1 aliphatic heterocycles. The minimum atomic E-state index is -0.166. The van der Waals surface area contributed by atoms with Gasteiger partial charge in [-0.2, -0.15) is 0 Å². The Balaban J connectivity index is 1.22. The van der Waals surface area contributed by atoms with Crippen molar-refractivity contribution in [2.75, 3.05) is 11.4 Å². The molecule has 5 aliphatic rings. The predicted molar refractivity (Wildman–Crippen MR) is 233 cm³/mol. The summed E-state index contributed by atoms with van der Waals surface area (Å²) >= 11 is 0. The average Bonchev–Trinajstić information content (AvgIpc) is 4.07. The van der Waals surface area contributed by atoms with Crippen molar-refractivity contribution in [3.63, 3.8) is 0 Å². The summed E-state index contributed by atoms with van der Waals surface area (Å²) in [6.07, 6.45) is 11.7. The summed E-state index contributed by atoms with van der Waals surface area (Å²) in [6.45, 7) is 3.39. The van der Waals surface area contributed by atoms with Crippen LogP contribution >= 0.6 is 0 Å². The van der Waals surface area contributed by atoms with E-state index in [4.69, 9.17) is 0 Å². The minimum Gasteiger partial charge on any atom is -0.366 e. The van der Waals surface area contributed by atoms with Crippen molar-refractivity contribution < 1.29 is 0 Å². The quantitative estimate of drug-likeness (QED) is 0.124. The average molecular weight is 694 g/mol. The van der Waals surface area contributed by atoms with Crippen molar-refractivity contribution in [2.24, 2.45) is 0 Å². The Morgan fingerprint density at radius 2 is 0.964 bits per heavy atom. The number of rotatable bonds is 6. The number of benzene rings is 9. The Morgan fingerprint density at radius 1 is 0.473 bits per heavy atom. The van der Waals surface area contributed by atoms with Crippen LogP contribution in [0.1, 0.15) is 50.2 Å². The first kappa shape index (κ1) is 26.0. The molecule has 4 aliphatic carbocycles. The summed E-state index contributed by atoms with van der Waals surface area (Å²) in [4.78, 5) is 2.95. The lowest BCUT2D eigenvalue weighted by Crippen LogP contribution is -2.54. The standard InChI is InChI=1S/C54H31N/c1-2-3-4-8-11-34-54-33-21-20-32-30-18-16-28-26-14-12-24-25-13-15-27-29-17-19-31(33)42-40(29)45-38(27)36(25)43-35(24)37(26)44-39(28)41(30)51(49-47(44)46(43)48(45)50(49)52(42)54)53(32,54)22-55(34)23-9-6-5-7-10-23/h5-7,9-10,12-21,34H,2-4,8,11,22H2,1H3. The number of allylic oxidation sites excluding steroid dienone is 2. The first-order chi connectivity index (χ1) is 27.3. The second-order valence-electron chi connectivity index (χ2n) is 18.6. The summed E-state index contributed by atoms with van der Waals surface area (Å²) in [5, 5.41) is 37.2. The monoisotopic (exact) mass is 693 g/mol. The van der Waals surface area contributed by atoms with Gasteiger partial charge < -0.3 is 4.90 Å². The molecule has 55 heavy (non-hydrogen) atoms. The summed E-state index contributed by atoms with van der Waals surface area (Å²) in [6, 6.07) is 32.2. The van der Waals surface area contributed by atoms with Gasteiger partial charge in [0.25, 0.3) is 0 Å². The fourth-order valence-electron chi connectivity index (χ4n) is 16.1. The highest BCUT2D eigenvalue weighted by Crippen LogP contribution is 2.76. The number of para-hydroxylation sites is 1. The smallest absolute Gasteiger partial charge is 0.0579 e. The van der Waals surface area contributed by atoms with Crippen LogP contribution in [0.25, 0.3) is 130 Å². The Bertz CT molecular complexity index is 4110. The molecule has 0 saturated carbocycles. The summed E-state index contributed by atoms with van der Waals surface area (Å²) in [5.41, 5.74) is 7.71. The lowest BCUT2D eigenvalue weighted by molar-refractivity contribution is 0.375. The zero-order valence-electron chi connectivity index (χ0n) is 30.4. The van der Waals surface area contributed by atoms with E-state index in [1.54, 1.807) is 108 Å². The first-order valence-electron chi connectivity index (χ1n) is 21.0. The third kappa shape index (κ3) is 2.02. The molecular formula is C54H31N. The maximum atomic E-state index is 2.95. The molecule has 1 saturated heterocycles. The van der Waals surface area contributed by atoms with Gasteiger partial charge in [-0.05, 0) is 170 Å². The van der Waals surface area contributed by atoms with Gasteiger partial charge in [-0.15, -0.1) is 0 Å². The van der Waals surface area contributed by atoms with Gasteiger partial charge in [-0.1, -0.05) is 111 Å². The van der Waals surface area contributed by atoms with Crippen molar-refractivity contribution in [1.82, 2.24) is 0 Å². The van der Waals surface area contributed by atoms with E-state index in [0.29, 0.717) is 6.04 Å². The maximum absolute atomic E-state index is 2.95. The zero-order chi connectivity index (χ0) is 34.7. The highest BCUT2D eigenvalue weighted by Gasteiger charge is 2.73. The molecule has 13 aromatic rings. The van der Waals surface area contributed by atoms with Crippen LogP contribution < -0.4 is 15.3 Å². The molecule has 0 amide bonds. The maximum Gasteiger partial charge on any atom is 0.0579 e. The van der Waals surface area contributed by atoms with Crippen molar-refractivity contribution in [1.29, 1.82) is 0 Å². The molecule has 0 N–H and O–H groups in total. The molecule has 2 spiro atoms. The molecule has 1 heterocycles. The van der Waals surface area contributed by atoms with E-state index in [9.17, 15) is 0 Å². The SMILES string of the molecule is CCCCCCC1N(c2ccccc2)CC23C4=c5ccc6c7ccc8c9ccc%10c%11ccc%12c%13c(c%14c%15c2c5c6c2c7c8c5c9c%10c(c%13%11)c%14c5c%152)C13C=%12C=C4. The van der Waals surface area contributed by atoms with Crippen molar-refractivity contribution in [3.05, 3.63) is 113 Å². The van der Waals surface area contributed by atoms with E-state index in [0.717, 1.165) is 6.54 Å². The summed E-state index contributed by atoms with van der Waals surface area (Å²) in [7, 11) is 0. The van der Waals surface area contributed by atoms with Crippen LogP contribution in [0.2, 0.25) is 0 Å². The number of hydrogen-bond acceptors (Lipinski definition) is 1. The lowest BCUT2D eigenvalue weighted by Gasteiger charge is -2.52. The van der Waals surface area contributed by atoms with Gasteiger partial charge in [0.15, 0.2) is 0 Å². The molecule has 0 radical (unpaired) electrons. The fourth-order valence-corrected chi connectivity index (χ4v) is 16.1. The summed E-state index contributed by atoms with van der Waals surface area (Å²) in [5.74, 6) is 0. The van der Waals surface area contributed by atoms with Gasteiger partial charge in [0.1, 0.15) is 0 Å².